The topological polar surface area (TPSA) is 75.6 Å². The zero-order valence-corrected chi connectivity index (χ0v) is 14.3. The van der Waals surface area contributed by atoms with Crippen molar-refractivity contribution in [3.05, 3.63) is 65.7 Å². The van der Waals surface area contributed by atoms with Gasteiger partial charge in [0.1, 0.15) is 18.4 Å². The zero-order chi connectivity index (χ0) is 18.1. The van der Waals surface area contributed by atoms with E-state index in [1.165, 1.54) is 0 Å². The van der Waals surface area contributed by atoms with E-state index in [2.05, 4.69) is 5.32 Å². The van der Waals surface area contributed by atoms with Gasteiger partial charge in [0.15, 0.2) is 0 Å². The second-order valence-electron chi connectivity index (χ2n) is 5.83. The van der Waals surface area contributed by atoms with Crippen molar-refractivity contribution in [1.29, 1.82) is 0 Å². The van der Waals surface area contributed by atoms with Crippen molar-refractivity contribution in [3.63, 3.8) is 0 Å². The number of amides is 1. The second kappa shape index (κ2) is 9.47. The summed E-state index contributed by atoms with van der Waals surface area (Å²) < 4.78 is 5.71. The lowest BCUT2D eigenvalue weighted by atomic mass is 10.1. The van der Waals surface area contributed by atoms with Gasteiger partial charge in [-0.25, -0.2) is 4.79 Å². The summed E-state index contributed by atoms with van der Waals surface area (Å²) in [5.41, 5.74) is 1.91. The molecule has 0 unspecified atom stereocenters. The maximum atomic E-state index is 11.6. The summed E-state index contributed by atoms with van der Waals surface area (Å²) >= 11 is 0. The molecule has 0 saturated carbocycles. The third kappa shape index (κ3) is 6.30. The lowest BCUT2D eigenvalue weighted by Gasteiger charge is -2.15. The van der Waals surface area contributed by atoms with Gasteiger partial charge in [-0.1, -0.05) is 49.4 Å². The average Bonchev–Trinajstić information content (AvgIpc) is 2.61. The highest BCUT2D eigenvalue weighted by atomic mass is 16.5. The fourth-order valence-corrected chi connectivity index (χ4v) is 2.39. The van der Waals surface area contributed by atoms with Crippen LogP contribution in [0, 0.1) is 0 Å². The third-order valence-corrected chi connectivity index (χ3v) is 3.72. The van der Waals surface area contributed by atoms with Gasteiger partial charge in [0.05, 0.1) is 0 Å². The molecule has 132 valence electrons. The van der Waals surface area contributed by atoms with Crippen LogP contribution in [0.3, 0.4) is 0 Å². The van der Waals surface area contributed by atoms with Crippen LogP contribution < -0.4 is 10.1 Å². The first-order valence-electron chi connectivity index (χ1n) is 8.36. The molecule has 2 rings (SSSR count). The molecule has 0 aliphatic carbocycles. The third-order valence-electron chi connectivity index (χ3n) is 3.72. The molecule has 0 heterocycles. The maximum absolute atomic E-state index is 11.6. The number of benzene rings is 2. The van der Waals surface area contributed by atoms with Crippen molar-refractivity contribution in [1.82, 2.24) is 5.32 Å². The highest BCUT2D eigenvalue weighted by Gasteiger charge is 2.19. The van der Waals surface area contributed by atoms with Gasteiger partial charge in [0, 0.05) is 12.8 Å². The van der Waals surface area contributed by atoms with E-state index in [1.807, 2.05) is 61.5 Å². The first-order chi connectivity index (χ1) is 12.1. The molecule has 0 aliphatic rings. The van der Waals surface area contributed by atoms with Crippen molar-refractivity contribution in [2.75, 3.05) is 0 Å². The molecular formula is C20H23NO4. The number of rotatable bonds is 9. The van der Waals surface area contributed by atoms with Gasteiger partial charge in [-0.15, -0.1) is 0 Å². The van der Waals surface area contributed by atoms with Crippen molar-refractivity contribution < 1.29 is 19.4 Å². The Kier molecular flexibility index (Phi) is 7.01. The number of carbonyl (C=O) groups is 2. The summed E-state index contributed by atoms with van der Waals surface area (Å²) in [6.45, 7) is 2.36. The number of aliphatic carboxylic acids is 1. The van der Waals surface area contributed by atoms with Gasteiger partial charge in [0.2, 0.25) is 5.91 Å². The van der Waals surface area contributed by atoms with E-state index in [1.54, 1.807) is 0 Å². The van der Waals surface area contributed by atoms with Crippen LogP contribution in [0.5, 0.6) is 5.75 Å². The minimum absolute atomic E-state index is 0.238. The number of nitrogens with one attached hydrogen (secondary N) is 1. The lowest BCUT2D eigenvalue weighted by Crippen LogP contribution is -2.42. The molecule has 0 bridgehead atoms. The van der Waals surface area contributed by atoms with E-state index >= 15 is 0 Å². The van der Waals surface area contributed by atoms with E-state index < -0.39 is 12.0 Å². The predicted octanol–water partition coefficient (Wildman–Crippen LogP) is 3.18. The van der Waals surface area contributed by atoms with Crippen molar-refractivity contribution >= 4 is 11.9 Å². The van der Waals surface area contributed by atoms with Gasteiger partial charge in [0.25, 0.3) is 0 Å². The van der Waals surface area contributed by atoms with Crippen molar-refractivity contribution in [2.45, 2.75) is 38.8 Å². The summed E-state index contributed by atoms with van der Waals surface area (Å²) in [7, 11) is 0. The molecule has 25 heavy (non-hydrogen) atoms. The molecule has 2 aromatic carbocycles. The fraction of sp³-hybridized carbons (Fsp3) is 0.300. The molecule has 2 N–H and O–H groups in total. The monoisotopic (exact) mass is 341 g/mol. The molecule has 0 saturated heterocycles. The van der Waals surface area contributed by atoms with E-state index in [4.69, 9.17) is 4.74 Å². The van der Waals surface area contributed by atoms with E-state index in [-0.39, 0.29) is 12.3 Å². The number of hydrogen-bond acceptors (Lipinski definition) is 3. The Hall–Kier alpha value is -2.82. The first kappa shape index (κ1) is 18.5. The lowest BCUT2D eigenvalue weighted by molar-refractivity contribution is -0.141. The largest absolute Gasteiger partial charge is 0.489 e. The van der Waals surface area contributed by atoms with Gasteiger partial charge < -0.3 is 15.2 Å². The van der Waals surface area contributed by atoms with Gasteiger partial charge >= 0.3 is 5.97 Å². The Balaban J connectivity index is 1.91. The van der Waals surface area contributed by atoms with Crippen LogP contribution in [-0.4, -0.2) is 23.0 Å². The Morgan fingerprint density at radius 3 is 2.32 bits per heavy atom. The Morgan fingerprint density at radius 1 is 1.04 bits per heavy atom. The highest BCUT2D eigenvalue weighted by molar-refractivity contribution is 5.83. The first-order valence-corrected chi connectivity index (χ1v) is 8.36. The molecule has 1 amide bonds. The zero-order valence-electron chi connectivity index (χ0n) is 14.3. The summed E-state index contributed by atoms with van der Waals surface area (Å²) in [6.07, 6.45) is 1.26. The maximum Gasteiger partial charge on any atom is 0.326 e. The molecule has 1 atom stereocenters. The van der Waals surface area contributed by atoms with Gasteiger partial charge in [-0.2, -0.15) is 0 Å². The molecule has 5 heteroatoms. The molecule has 0 fully saturated rings. The minimum atomic E-state index is -1.03. The Morgan fingerprint density at radius 2 is 1.72 bits per heavy atom. The highest BCUT2D eigenvalue weighted by Crippen LogP contribution is 2.15. The molecule has 2 aromatic rings. The van der Waals surface area contributed by atoms with Gasteiger partial charge in [-0.05, 0) is 29.7 Å². The Labute approximate surface area is 147 Å². The predicted molar refractivity (Wildman–Crippen MR) is 95.4 cm³/mol. The number of carboxylic acid groups (broad SMARTS) is 1. The van der Waals surface area contributed by atoms with Crippen molar-refractivity contribution in [2.24, 2.45) is 0 Å². The van der Waals surface area contributed by atoms with Crippen LogP contribution in [0.1, 0.15) is 30.9 Å². The van der Waals surface area contributed by atoms with E-state index in [0.717, 1.165) is 16.9 Å². The van der Waals surface area contributed by atoms with Crippen molar-refractivity contribution in [3.8, 4) is 5.75 Å². The SMILES string of the molecule is CCCC(=O)N[C@@H](Cc1ccc(OCc2ccccc2)cc1)C(=O)O. The summed E-state index contributed by atoms with van der Waals surface area (Å²) in [4.78, 5) is 23.0. The van der Waals surface area contributed by atoms with E-state index in [9.17, 15) is 14.7 Å². The van der Waals surface area contributed by atoms with E-state index in [0.29, 0.717) is 19.4 Å². The van der Waals surface area contributed by atoms with Crippen LogP contribution >= 0.6 is 0 Å². The van der Waals surface area contributed by atoms with Crippen LogP contribution in [0.15, 0.2) is 54.6 Å². The molecule has 0 radical (unpaired) electrons. The smallest absolute Gasteiger partial charge is 0.326 e. The molecule has 0 aliphatic heterocycles. The molecule has 0 spiro atoms. The Bertz CT molecular complexity index is 683. The fourth-order valence-electron chi connectivity index (χ4n) is 2.39. The standard InChI is InChI=1S/C20H23NO4/c1-2-6-19(22)21-18(20(23)24)13-15-9-11-17(12-10-15)25-14-16-7-4-3-5-8-16/h3-5,7-12,18H,2,6,13-14H2,1H3,(H,21,22)(H,23,24)/t18-/m0/s1. The number of carbonyl (C=O) groups excluding carboxylic acids is 1. The average molecular weight is 341 g/mol. The quantitative estimate of drug-likeness (QED) is 0.734. The number of ether oxygens (including phenoxy) is 1. The molecule has 0 aromatic heterocycles. The summed E-state index contributed by atoms with van der Waals surface area (Å²) in [5.74, 6) is -0.555. The van der Waals surface area contributed by atoms with Crippen LogP contribution in [-0.2, 0) is 22.6 Å². The molecular weight excluding hydrogens is 318 g/mol. The normalized spacial score (nSPS) is 11.6. The van der Waals surface area contributed by atoms with Crippen LogP contribution in [0.2, 0.25) is 0 Å². The second-order valence-corrected chi connectivity index (χ2v) is 5.83. The summed E-state index contributed by atoms with van der Waals surface area (Å²) in [6, 6.07) is 16.2. The van der Waals surface area contributed by atoms with Gasteiger partial charge in [-0.3, -0.25) is 4.79 Å². The number of hydrogen-bond donors (Lipinski definition) is 2. The summed E-state index contributed by atoms with van der Waals surface area (Å²) in [5, 5.41) is 11.8. The van der Waals surface area contributed by atoms with Crippen LogP contribution in [0.4, 0.5) is 0 Å². The number of carboxylic acids is 1. The minimum Gasteiger partial charge on any atom is -0.489 e. The molecule has 5 nitrogen and oxygen atoms in total. The van der Waals surface area contributed by atoms with Crippen LogP contribution in [0.25, 0.3) is 0 Å².